The van der Waals surface area contributed by atoms with E-state index in [1.54, 1.807) is 11.3 Å². The lowest BCUT2D eigenvalue weighted by molar-refractivity contribution is -0.117. The van der Waals surface area contributed by atoms with Crippen LogP contribution < -0.4 is 10.2 Å². The molecule has 1 fully saturated rings. The van der Waals surface area contributed by atoms with Crippen molar-refractivity contribution in [2.45, 2.75) is 38.6 Å². The van der Waals surface area contributed by atoms with Crippen molar-refractivity contribution in [2.75, 3.05) is 36.9 Å². The van der Waals surface area contributed by atoms with E-state index in [0.29, 0.717) is 6.54 Å². The molecule has 4 nitrogen and oxygen atoms in total. The van der Waals surface area contributed by atoms with Crippen LogP contribution in [0, 0.1) is 0 Å². The number of hydrogen-bond donors (Lipinski definition) is 1. The number of nitrogens with one attached hydrogen (secondary N) is 1. The molecule has 1 amide bonds. The van der Waals surface area contributed by atoms with Crippen LogP contribution in [0.25, 0.3) is 0 Å². The molecule has 3 rings (SSSR count). The highest BCUT2D eigenvalue weighted by molar-refractivity contribution is 7.10. The summed E-state index contributed by atoms with van der Waals surface area (Å²) in [5.41, 5.74) is 2.12. The van der Waals surface area contributed by atoms with Crippen molar-refractivity contribution < 1.29 is 4.79 Å². The van der Waals surface area contributed by atoms with E-state index in [-0.39, 0.29) is 11.9 Å². The van der Waals surface area contributed by atoms with Crippen molar-refractivity contribution in [3.05, 3.63) is 46.7 Å². The fraction of sp³-hybridized carbons (Fsp3) is 0.476. The summed E-state index contributed by atoms with van der Waals surface area (Å²) in [6.45, 7) is 4.79. The molecule has 2 aromatic rings. The van der Waals surface area contributed by atoms with Crippen molar-refractivity contribution in [3.8, 4) is 0 Å². The fourth-order valence-electron chi connectivity index (χ4n) is 3.39. The minimum absolute atomic E-state index is 0.0263. The fourth-order valence-corrected chi connectivity index (χ4v) is 4.24. The molecule has 1 aliphatic heterocycles. The third-order valence-corrected chi connectivity index (χ3v) is 6.17. The van der Waals surface area contributed by atoms with E-state index >= 15 is 0 Å². The first-order chi connectivity index (χ1) is 12.6. The second-order valence-electron chi connectivity index (χ2n) is 7.10. The molecule has 1 aliphatic rings. The maximum Gasteiger partial charge on any atom is 0.238 e. The number of thiophene rings is 1. The average Bonchev–Trinajstić information content (AvgIpc) is 3.04. The van der Waals surface area contributed by atoms with Gasteiger partial charge in [-0.3, -0.25) is 9.69 Å². The van der Waals surface area contributed by atoms with Crippen molar-refractivity contribution in [1.29, 1.82) is 0 Å². The van der Waals surface area contributed by atoms with Gasteiger partial charge >= 0.3 is 0 Å². The molecule has 1 aromatic carbocycles. The van der Waals surface area contributed by atoms with Crippen LogP contribution in [0.5, 0.6) is 0 Å². The van der Waals surface area contributed by atoms with Gasteiger partial charge in [-0.25, -0.2) is 0 Å². The van der Waals surface area contributed by atoms with Crippen molar-refractivity contribution >= 4 is 28.6 Å². The zero-order valence-electron chi connectivity index (χ0n) is 15.8. The Morgan fingerprint density at radius 2 is 1.85 bits per heavy atom. The molecular weight excluding hydrogens is 342 g/mol. The number of rotatable bonds is 6. The Bertz CT molecular complexity index is 676. The molecule has 1 saturated heterocycles. The van der Waals surface area contributed by atoms with Crippen LogP contribution in [0.15, 0.2) is 41.8 Å². The Kier molecular flexibility index (Phi) is 6.69. The molecule has 140 valence electrons. The summed E-state index contributed by atoms with van der Waals surface area (Å²) in [5.74, 6) is 0.0263. The van der Waals surface area contributed by atoms with Crippen molar-refractivity contribution in [1.82, 2.24) is 4.90 Å². The molecule has 0 radical (unpaired) electrons. The number of anilines is 2. The number of carbonyl (C=O) groups excluding carboxylic acids is 1. The quantitative estimate of drug-likeness (QED) is 0.795. The van der Waals surface area contributed by atoms with Crippen LogP contribution in [0.3, 0.4) is 0 Å². The van der Waals surface area contributed by atoms with Gasteiger partial charge in [0.15, 0.2) is 0 Å². The Labute approximate surface area is 160 Å². The predicted molar refractivity (Wildman–Crippen MR) is 111 cm³/mol. The Hall–Kier alpha value is -1.85. The van der Waals surface area contributed by atoms with E-state index in [9.17, 15) is 4.79 Å². The van der Waals surface area contributed by atoms with E-state index in [1.165, 1.54) is 36.2 Å². The first-order valence-corrected chi connectivity index (χ1v) is 10.4. The van der Waals surface area contributed by atoms with Crippen LogP contribution in [0.2, 0.25) is 0 Å². The molecule has 1 unspecified atom stereocenters. The monoisotopic (exact) mass is 371 g/mol. The van der Waals surface area contributed by atoms with Gasteiger partial charge in [-0.1, -0.05) is 18.9 Å². The maximum atomic E-state index is 12.4. The highest BCUT2D eigenvalue weighted by Crippen LogP contribution is 2.24. The second kappa shape index (κ2) is 9.19. The smallest absolute Gasteiger partial charge is 0.238 e. The summed E-state index contributed by atoms with van der Waals surface area (Å²) < 4.78 is 0. The number of benzene rings is 1. The normalized spacial score (nSPS) is 16.3. The summed E-state index contributed by atoms with van der Waals surface area (Å²) in [7, 11) is 1.99. The summed E-state index contributed by atoms with van der Waals surface area (Å²) in [4.78, 5) is 18.2. The van der Waals surface area contributed by atoms with Gasteiger partial charge in [0.05, 0.1) is 6.54 Å². The van der Waals surface area contributed by atoms with Gasteiger partial charge in [0, 0.05) is 35.4 Å². The minimum Gasteiger partial charge on any atom is -0.372 e. The molecular formula is C21H29N3OS. The third kappa shape index (κ3) is 5.08. The first-order valence-electron chi connectivity index (χ1n) is 9.52. The summed E-state index contributed by atoms with van der Waals surface area (Å²) in [5, 5.41) is 5.09. The molecule has 1 N–H and O–H groups in total. The van der Waals surface area contributed by atoms with Gasteiger partial charge in [0.1, 0.15) is 0 Å². The standard InChI is InChI=1S/C21H29N3OS/c1-17(20-8-7-15-26-20)23(2)16-21(25)22-18-9-11-19(12-10-18)24-13-5-3-4-6-14-24/h7-12,15,17H,3-6,13-14,16H2,1-2H3,(H,22,25). The van der Waals surface area contributed by atoms with Gasteiger partial charge in [-0.05, 0) is 62.5 Å². The van der Waals surface area contributed by atoms with Crippen molar-refractivity contribution in [3.63, 3.8) is 0 Å². The summed E-state index contributed by atoms with van der Waals surface area (Å²) in [6, 6.07) is 12.7. The number of nitrogens with zero attached hydrogens (tertiary/aromatic N) is 2. The van der Waals surface area contributed by atoms with Crippen LogP contribution in [0.1, 0.15) is 43.5 Å². The van der Waals surface area contributed by atoms with E-state index in [2.05, 4.69) is 51.7 Å². The second-order valence-corrected chi connectivity index (χ2v) is 8.08. The summed E-state index contributed by atoms with van der Waals surface area (Å²) in [6.07, 6.45) is 5.21. The largest absolute Gasteiger partial charge is 0.372 e. The maximum absolute atomic E-state index is 12.4. The SMILES string of the molecule is CC(c1cccs1)N(C)CC(=O)Nc1ccc(N2CCCCCC2)cc1. The van der Waals surface area contributed by atoms with Crippen LogP contribution in [-0.2, 0) is 4.79 Å². The number of carbonyl (C=O) groups is 1. The Morgan fingerprint density at radius 3 is 2.46 bits per heavy atom. The first kappa shape index (κ1) is 18.9. The van der Waals surface area contributed by atoms with Gasteiger partial charge in [0.25, 0.3) is 0 Å². The lowest BCUT2D eigenvalue weighted by atomic mass is 10.2. The number of likely N-dealkylation sites (N-methyl/N-ethyl adjacent to an activating group) is 1. The van der Waals surface area contributed by atoms with Crippen LogP contribution in [-0.4, -0.2) is 37.5 Å². The highest BCUT2D eigenvalue weighted by atomic mass is 32.1. The number of amides is 1. The molecule has 1 atom stereocenters. The topological polar surface area (TPSA) is 35.6 Å². The molecule has 1 aromatic heterocycles. The van der Waals surface area contributed by atoms with Crippen LogP contribution in [0.4, 0.5) is 11.4 Å². The van der Waals surface area contributed by atoms with Gasteiger partial charge in [0.2, 0.25) is 5.91 Å². The van der Waals surface area contributed by atoms with Gasteiger partial charge in [-0.15, -0.1) is 11.3 Å². The molecule has 2 heterocycles. The number of hydrogen-bond acceptors (Lipinski definition) is 4. The zero-order valence-corrected chi connectivity index (χ0v) is 16.6. The van der Waals surface area contributed by atoms with Gasteiger partial charge in [-0.2, -0.15) is 0 Å². The molecule has 5 heteroatoms. The highest BCUT2D eigenvalue weighted by Gasteiger charge is 2.16. The molecule has 26 heavy (non-hydrogen) atoms. The average molecular weight is 372 g/mol. The predicted octanol–water partition coefficient (Wildman–Crippen LogP) is 4.76. The Balaban J connectivity index is 1.52. The van der Waals surface area contributed by atoms with Gasteiger partial charge < -0.3 is 10.2 Å². The molecule has 0 aliphatic carbocycles. The minimum atomic E-state index is 0.0263. The summed E-state index contributed by atoms with van der Waals surface area (Å²) >= 11 is 1.73. The Morgan fingerprint density at radius 1 is 1.15 bits per heavy atom. The lowest BCUT2D eigenvalue weighted by Crippen LogP contribution is -2.32. The molecule has 0 saturated carbocycles. The van der Waals surface area contributed by atoms with E-state index in [0.717, 1.165) is 18.8 Å². The molecule has 0 spiro atoms. The van der Waals surface area contributed by atoms with E-state index in [1.807, 2.05) is 19.2 Å². The third-order valence-electron chi connectivity index (χ3n) is 5.13. The van der Waals surface area contributed by atoms with Crippen LogP contribution >= 0.6 is 11.3 Å². The van der Waals surface area contributed by atoms with E-state index < -0.39 is 0 Å². The lowest BCUT2D eigenvalue weighted by Gasteiger charge is -2.24. The van der Waals surface area contributed by atoms with E-state index in [4.69, 9.17) is 0 Å². The van der Waals surface area contributed by atoms with Crippen molar-refractivity contribution in [2.24, 2.45) is 0 Å². The molecule has 0 bridgehead atoms. The zero-order chi connectivity index (χ0) is 18.4.